The maximum Gasteiger partial charge on any atom is 0.269 e. The number of amides is 1. The van der Waals surface area contributed by atoms with E-state index in [-0.39, 0.29) is 0 Å². The van der Waals surface area contributed by atoms with Gasteiger partial charge in [0, 0.05) is 23.2 Å². The molecular weight excluding hydrogens is 332 g/mol. The van der Waals surface area contributed by atoms with Crippen LogP contribution in [0.25, 0.3) is 16.6 Å². The minimum absolute atomic E-state index is 0.397. The molecule has 1 aromatic carbocycles. The van der Waals surface area contributed by atoms with Crippen LogP contribution in [0.1, 0.15) is 34.8 Å². The lowest BCUT2D eigenvalue weighted by Gasteiger charge is -2.45. The van der Waals surface area contributed by atoms with Crippen LogP contribution in [0.5, 0.6) is 0 Å². The number of primary amides is 1. The molecule has 1 unspecified atom stereocenters. The van der Waals surface area contributed by atoms with Crippen molar-refractivity contribution >= 4 is 28.1 Å². The molecule has 3 aliphatic heterocycles. The summed E-state index contributed by atoms with van der Waals surface area (Å²) >= 11 is 1.62. The molecule has 2 bridgehead atoms. The van der Waals surface area contributed by atoms with Gasteiger partial charge in [-0.25, -0.2) is 4.68 Å². The highest BCUT2D eigenvalue weighted by Gasteiger charge is 2.36. The minimum atomic E-state index is -0.451. The average molecular weight is 352 g/mol. The molecule has 3 aliphatic rings. The molecule has 0 aliphatic carbocycles. The number of aromatic nitrogens is 2. The van der Waals surface area contributed by atoms with Crippen LogP contribution >= 0.6 is 11.3 Å². The van der Waals surface area contributed by atoms with E-state index in [1.807, 2.05) is 27.6 Å². The molecule has 25 heavy (non-hydrogen) atoms. The summed E-state index contributed by atoms with van der Waals surface area (Å²) in [5, 5.41) is 9.59. The predicted molar refractivity (Wildman–Crippen MR) is 99.4 cm³/mol. The number of hydrogen-bond acceptors (Lipinski definition) is 4. The van der Waals surface area contributed by atoms with Gasteiger partial charge >= 0.3 is 0 Å². The molecule has 1 atom stereocenters. The number of carbonyl (C=O) groups excluding carboxylic acids is 1. The van der Waals surface area contributed by atoms with Crippen LogP contribution in [-0.4, -0.2) is 40.2 Å². The number of nitrogens with two attached hydrogens (primary N) is 1. The number of carbonyl (C=O) groups is 1. The Balaban J connectivity index is 1.73. The molecular formula is C19H20N4OS. The van der Waals surface area contributed by atoms with Crippen LogP contribution in [0.4, 0.5) is 0 Å². The fourth-order valence-electron chi connectivity index (χ4n) is 4.57. The zero-order valence-electron chi connectivity index (χ0n) is 13.9. The second-order valence-electron chi connectivity index (χ2n) is 7.09. The summed E-state index contributed by atoms with van der Waals surface area (Å²) < 4.78 is 1.86. The Kier molecular flexibility index (Phi) is 3.43. The van der Waals surface area contributed by atoms with Crippen molar-refractivity contribution in [3.8, 4) is 5.69 Å². The number of nitrogens with zero attached hydrogens (tertiary/aromatic N) is 3. The largest absolute Gasteiger partial charge is 0.364 e. The lowest BCUT2D eigenvalue weighted by molar-refractivity contribution is 0.0876. The summed E-state index contributed by atoms with van der Waals surface area (Å²) in [6.45, 7) is 3.48. The topological polar surface area (TPSA) is 64.2 Å². The van der Waals surface area contributed by atoms with E-state index < -0.39 is 5.91 Å². The summed E-state index contributed by atoms with van der Waals surface area (Å²) in [7, 11) is 0. The molecule has 0 spiro atoms. The van der Waals surface area contributed by atoms with Gasteiger partial charge in [0.05, 0.1) is 11.2 Å². The Hall–Kier alpha value is -2.18. The van der Waals surface area contributed by atoms with Crippen LogP contribution in [-0.2, 0) is 0 Å². The molecule has 3 fully saturated rings. The van der Waals surface area contributed by atoms with Crippen LogP contribution < -0.4 is 5.73 Å². The van der Waals surface area contributed by atoms with Gasteiger partial charge < -0.3 is 10.6 Å². The van der Waals surface area contributed by atoms with Crippen LogP contribution in [0.2, 0.25) is 0 Å². The fourth-order valence-corrected chi connectivity index (χ4v) is 5.18. The third-order valence-electron chi connectivity index (χ3n) is 5.78. The Morgan fingerprint density at radius 1 is 1.24 bits per heavy atom. The van der Waals surface area contributed by atoms with Crippen LogP contribution in [0.15, 0.2) is 35.0 Å². The monoisotopic (exact) mass is 352 g/mol. The fraction of sp³-hybridized carbons (Fsp3) is 0.368. The molecule has 0 radical (unpaired) electrons. The minimum Gasteiger partial charge on any atom is -0.364 e. The van der Waals surface area contributed by atoms with Gasteiger partial charge in [0.2, 0.25) is 0 Å². The van der Waals surface area contributed by atoms with Gasteiger partial charge in [-0.2, -0.15) is 16.4 Å². The van der Waals surface area contributed by atoms with Crippen LogP contribution in [0.3, 0.4) is 0 Å². The van der Waals surface area contributed by atoms with E-state index in [9.17, 15) is 4.79 Å². The summed E-state index contributed by atoms with van der Waals surface area (Å²) in [6.07, 6.45) is 2.48. The second-order valence-corrected chi connectivity index (χ2v) is 7.87. The van der Waals surface area contributed by atoms with Crippen molar-refractivity contribution < 1.29 is 4.79 Å². The van der Waals surface area contributed by atoms with E-state index in [0.717, 1.165) is 23.1 Å². The van der Waals surface area contributed by atoms with Gasteiger partial charge in [-0.05, 0) is 54.9 Å². The molecule has 2 aromatic heterocycles. The van der Waals surface area contributed by atoms with E-state index in [2.05, 4.69) is 22.1 Å². The summed E-state index contributed by atoms with van der Waals surface area (Å²) in [4.78, 5) is 14.7. The van der Waals surface area contributed by atoms with Gasteiger partial charge in [0.15, 0.2) is 5.69 Å². The Labute approximate surface area is 150 Å². The second kappa shape index (κ2) is 5.68. The molecule has 0 saturated carbocycles. The van der Waals surface area contributed by atoms with E-state index in [1.54, 1.807) is 11.3 Å². The molecule has 1 amide bonds. The third-order valence-corrected chi connectivity index (χ3v) is 6.45. The molecule has 5 nitrogen and oxygen atoms in total. The lowest BCUT2D eigenvalue weighted by atomic mass is 9.74. The van der Waals surface area contributed by atoms with Gasteiger partial charge in [-0.1, -0.05) is 12.1 Å². The van der Waals surface area contributed by atoms with Crippen molar-refractivity contribution in [1.82, 2.24) is 14.7 Å². The number of hydrogen-bond donors (Lipinski definition) is 1. The van der Waals surface area contributed by atoms with Gasteiger partial charge in [0.1, 0.15) is 0 Å². The highest BCUT2D eigenvalue weighted by Crippen LogP contribution is 2.42. The number of benzene rings is 1. The molecule has 6 heteroatoms. The van der Waals surface area contributed by atoms with E-state index in [1.165, 1.54) is 31.5 Å². The van der Waals surface area contributed by atoms with Crippen molar-refractivity contribution in [3.05, 3.63) is 46.3 Å². The van der Waals surface area contributed by atoms with Gasteiger partial charge in [0.25, 0.3) is 5.91 Å². The predicted octanol–water partition coefficient (Wildman–Crippen LogP) is 3.00. The molecule has 6 rings (SSSR count). The molecule has 3 aromatic rings. The van der Waals surface area contributed by atoms with Gasteiger partial charge in [-0.3, -0.25) is 4.79 Å². The first-order valence-corrected chi connectivity index (χ1v) is 9.73. The first-order valence-electron chi connectivity index (χ1n) is 8.79. The smallest absolute Gasteiger partial charge is 0.269 e. The first kappa shape index (κ1) is 15.1. The summed E-state index contributed by atoms with van der Waals surface area (Å²) in [5.41, 5.74) is 9.29. The van der Waals surface area contributed by atoms with Crippen molar-refractivity contribution in [2.45, 2.75) is 18.8 Å². The Morgan fingerprint density at radius 3 is 2.72 bits per heavy atom. The SMILES string of the molecule is NC(=O)c1nn(-c2ccsc2)c2cccc(C3CN4CCC3CC4)c12. The average Bonchev–Trinajstić information content (AvgIpc) is 3.30. The number of piperidine rings is 3. The molecule has 3 saturated heterocycles. The maximum atomic E-state index is 12.1. The van der Waals surface area contributed by atoms with Crippen LogP contribution in [0, 0.1) is 5.92 Å². The first-order chi connectivity index (χ1) is 12.2. The lowest BCUT2D eigenvalue weighted by Crippen LogP contribution is -2.46. The van der Waals surface area contributed by atoms with Crippen molar-refractivity contribution in [3.63, 3.8) is 0 Å². The number of thiophene rings is 1. The molecule has 128 valence electrons. The highest BCUT2D eigenvalue weighted by molar-refractivity contribution is 7.08. The number of rotatable bonds is 3. The van der Waals surface area contributed by atoms with Gasteiger partial charge in [-0.15, -0.1) is 0 Å². The maximum absolute atomic E-state index is 12.1. The molecule has 5 heterocycles. The van der Waals surface area contributed by atoms with Crippen molar-refractivity contribution in [1.29, 1.82) is 0 Å². The Morgan fingerprint density at radius 2 is 2.08 bits per heavy atom. The third kappa shape index (κ3) is 2.32. The Bertz CT molecular complexity index is 938. The summed E-state index contributed by atoms with van der Waals surface area (Å²) in [6, 6.07) is 8.31. The number of fused-ring (bicyclic) bond motifs is 4. The quantitative estimate of drug-likeness (QED) is 0.788. The highest BCUT2D eigenvalue weighted by atomic mass is 32.1. The molecule has 2 N–H and O–H groups in total. The van der Waals surface area contributed by atoms with Crippen molar-refractivity contribution in [2.24, 2.45) is 11.7 Å². The van der Waals surface area contributed by atoms with Crippen molar-refractivity contribution in [2.75, 3.05) is 19.6 Å². The zero-order chi connectivity index (χ0) is 17.0. The van der Waals surface area contributed by atoms with E-state index in [0.29, 0.717) is 17.5 Å². The van der Waals surface area contributed by atoms with E-state index in [4.69, 9.17) is 5.73 Å². The van der Waals surface area contributed by atoms with E-state index >= 15 is 0 Å². The standard InChI is InChI=1S/C19H20N4OS/c20-19(24)18-17-14(15-10-22-7-4-12(15)5-8-22)2-1-3-16(17)23(21-18)13-6-9-25-11-13/h1-3,6,9,11-12,15H,4-5,7-8,10H2,(H2,20,24). The zero-order valence-corrected chi connectivity index (χ0v) is 14.7. The summed E-state index contributed by atoms with van der Waals surface area (Å²) in [5.74, 6) is 0.706. The normalized spacial score (nSPS) is 25.5.